The van der Waals surface area contributed by atoms with Gasteiger partial charge in [-0.3, -0.25) is 9.59 Å². The standard InChI is InChI=1S/C18H20FN3O3/c1-13(20-15-6-4-14(19)5-7-15)17(23)21-8-10-22(11-9-21)18(24)16-3-2-12-25-16/h2-7,12-13,20H,8-11H2,1H3/t13-/m0/s1. The topological polar surface area (TPSA) is 65.8 Å². The summed E-state index contributed by atoms with van der Waals surface area (Å²) in [6, 6.07) is 8.76. The third-order valence-corrected chi connectivity index (χ3v) is 4.21. The van der Waals surface area contributed by atoms with Crippen molar-refractivity contribution in [3.05, 3.63) is 54.2 Å². The highest BCUT2D eigenvalue weighted by Crippen LogP contribution is 2.13. The Hall–Kier alpha value is -2.83. The van der Waals surface area contributed by atoms with Crippen LogP contribution in [0, 0.1) is 5.82 Å². The largest absolute Gasteiger partial charge is 0.459 e. The Morgan fingerprint density at radius 2 is 1.72 bits per heavy atom. The molecule has 2 amide bonds. The lowest BCUT2D eigenvalue weighted by Crippen LogP contribution is -2.53. The smallest absolute Gasteiger partial charge is 0.289 e. The third-order valence-electron chi connectivity index (χ3n) is 4.21. The van der Waals surface area contributed by atoms with Gasteiger partial charge in [0.15, 0.2) is 5.76 Å². The van der Waals surface area contributed by atoms with E-state index in [1.165, 1.54) is 18.4 Å². The van der Waals surface area contributed by atoms with E-state index in [4.69, 9.17) is 4.42 Å². The number of piperazine rings is 1. The average Bonchev–Trinajstić information content (AvgIpc) is 3.17. The van der Waals surface area contributed by atoms with Gasteiger partial charge >= 0.3 is 0 Å². The number of nitrogens with one attached hydrogen (secondary N) is 1. The summed E-state index contributed by atoms with van der Waals surface area (Å²) >= 11 is 0. The predicted octanol–water partition coefficient (Wildman–Crippen LogP) is 2.20. The minimum absolute atomic E-state index is 0.0468. The molecule has 2 heterocycles. The summed E-state index contributed by atoms with van der Waals surface area (Å²) in [5.74, 6) is -0.211. The number of carbonyl (C=O) groups is 2. The van der Waals surface area contributed by atoms with Crippen molar-refractivity contribution in [1.29, 1.82) is 0 Å². The van der Waals surface area contributed by atoms with E-state index in [0.717, 1.165) is 0 Å². The number of nitrogens with zero attached hydrogens (tertiary/aromatic N) is 2. The zero-order valence-electron chi connectivity index (χ0n) is 13.9. The second kappa shape index (κ2) is 7.38. The van der Waals surface area contributed by atoms with E-state index in [2.05, 4.69) is 5.32 Å². The maximum absolute atomic E-state index is 12.9. The van der Waals surface area contributed by atoms with Crippen molar-refractivity contribution in [2.45, 2.75) is 13.0 Å². The summed E-state index contributed by atoms with van der Waals surface area (Å²) in [4.78, 5) is 28.2. The Labute approximate surface area is 145 Å². The minimum Gasteiger partial charge on any atom is -0.459 e. The van der Waals surface area contributed by atoms with Crippen LogP contribution < -0.4 is 5.32 Å². The molecule has 0 spiro atoms. The van der Waals surface area contributed by atoms with E-state index in [1.807, 2.05) is 0 Å². The highest BCUT2D eigenvalue weighted by atomic mass is 19.1. The van der Waals surface area contributed by atoms with Crippen molar-refractivity contribution in [3.63, 3.8) is 0 Å². The van der Waals surface area contributed by atoms with Crippen LogP contribution in [-0.2, 0) is 4.79 Å². The molecule has 1 N–H and O–H groups in total. The molecular weight excluding hydrogens is 325 g/mol. The number of benzene rings is 1. The summed E-state index contributed by atoms with van der Waals surface area (Å²) in [5, 5.41) is 3.07. The SMILES string of the molecule is C[C@H](Nc1ccc(F)cc1)C(=O)N1CCN(C(=O)c2ccco2)CC1. The van der Waals surface area contributed by atoms with E-state index in [0.29, 0.717) is 37.6 Å². The Morgan fingerprint density at radius 1 is 1.08 bits per heavy atom. The number of rotatable bonds is 4. The fraction of sp³-hybridized carbons (Fsp3) is 0.333. The summed E-state index contributed by atoms with van der Waals surface area (Å²) in [7, 11) is 0. The lowest BCUT2D eigenvalue weighted by molar-refractivity contribution is -0.133. The van der Waals surface area contributed by atoms with E-state index in [-0.39, 0.29) is 17.6 Å². The normalized spacial score (nSPS) is 15.8. The highest BCUT2D eigenvalue weighted by molar-refractivity contribution is 5.91. The van der Waals surface area contributed by atoms with Crippen LogP contribution in [0.1, 0.15) is 17.5 Å². The zero-order chi connectivity index (χ0) is 17.8. The molecule has 0 saturated carbocycles. The van der Waals surface area contributed by atoms with Crippen LogP contribution in [0.5, 0.6) is 0 Å². The van der Waals surface area contributed by atoms with Crippen molar-refractivity contribution < 1.29 is 18.4 Å². The number of anilines is 1. The predicted molar refractivity (Wildman–Crippen MR) is 90.7 cm³/mol. The van der Waals surface area contributed by atoms with Crippen LogP contribution in [0.25, 0.3) is 0 Å². The first-order valence-corrected chi connectivity index (χ1v) is 8.18. The molecule has 132 valence electrons. The number of hydrogen-bond donors (Lipinski definition) is 1. The molecule has 1 aromatic heterocycles. The molecule has 6 nitrogen and oxygen atoms in total. The fourth-order valence-electron chi connectivity index (χ4n) is 2.82. The van der Waals surface area contributed by atoms with Crippen LogP contribution in [0.15, 0.2) is 47.1 Å². The van der Waals surface area contributed by atoms with Crippen molar-refractivity contribution in [1.82, 2.24) is 9.80 Å². The molecule has 7 heteroatoms. The molecule has 1 fully saturated rings. The number of furan rings is 1. The van der Waals surface area contributed by atoms with Crippen molar-refractivity contribution in [3.8, 4) is 0 Å². The van der Waals surface area contributed by atoms with Crippen LogP contribution in [0.2, 0.25) is 0 Å². The molecule has 1 atom stereocenters. The summed E-state index contributed by atoms with van der Waals surface area (Å²) in [6.45, 7) is 3.65. The molecule has 2 aromatic rings. The van der Waals surface area contributed by atoms with Crippen molar-refractivity contribution in [2.24, 2.45) is 0 Å². The molecule has 25 heavy (non-hydrogen) atoms. The summed E-state index contributed by atoms with van der Waals surface area (Å²) in [6.07, 6.45) is 1.47. The van der Waals surface area contributed by atoms with Gasteiger partial charge in [-0.25, -0.2) is 4.39 Å². The van der Waals surface area contributed by atoms with Gasteiger partial charge in [0, 0.05) is 31.9 Å². The molecule has 0 aliphatic carbocycles. The number of carbonyl (C=O) groups excluding carboxylic acids is 2. The quantitative estimate of drug-likeness (QED) is 0.923. The average molecular weight is 345 g/mol. The van der Waals surface area contributed by atoms with Crippen LogP contribution in [0.4, 0.5) is 10.1 Å². The van der Waals surface area contributed by atoms with Gasteiger partial charge in [-0.05, 0) is 43.3 Å². The zero-order valence-corrected chi connectivity index (χ0v) is 13.9. The van der Waals surface area contributed by atoms with Crippen molar-refractivity contribution >= 4 is 17.5 Å². The first kappa shape index (κ1) is 17.0. The lowest BCUT2D eigenvalue weighted by atomic mass is 10.2. The highest BCUT2D eigenvalue weighted by Gasteiger charge is 2.28. The summed E-state index contributed by atoms with van der Waals surface area (Å²) in [5.41, 5.74) is 0.689. The van der Waals surface area contributed by atoms with Crippen LogP contribution in [0.3, 0.4) is 0 Å². The van der Waals surface area contributed by atoms with Crippen LogP contribution in [-0.4, -0.2) is 53.8 Å². The number of amides is 2. The Morgan fingerprint density at radius 3 is 2.32 bits per heavy atom. The molecule has 3 rings (SSSR count). The molecule has 1 saturated heterocycles. The number of hydrogen-bond acceptors (Lipinski definition) is 4. The number of halogens is 1. The lowest BCUT2D eigenvalue weighted by Gasteiger charge is -2.35. The van der Waals surface area contributed by atoms with Gasteiger partial charge in [0.1, 0.15) is 11.9 Å². The fourth-order valence-corrected chi connectivity index (χ4v) is 2.82. The molecule has 1 aliphatic heterocycles. The van der Waals surface area contributed by atoms with Gasteiger partial charge < -0.3 is 19.5 Å². The van der Waals surface area contributed by atoms with Gasteiger partial charge in [0.25, 0.3) is 5.91 Å². The van der Waals surface area contributed by atoms with E-state index >= 15 is 0 Å². The minimum atomic E-state index is -0.433. The molecule has 0 radical (unpaired) electrons. The monoisotopic (exact) mass is 345 g/mol. The molecule has 0 unspecified atom stereocenters. The molecule has 1 aliphatic rings. The third kappa shape index (κ3) is 3.99. The van der Waals surface area contributed by atoms with E-state index in [1.54, 1.807) is 41.0 Å². The Balaban J connectivity index is 1.52. The van der Waals surface area contributed by atoms with Crippen molar-refractivity contribution in [2.75, 3.05) is 31.5 Å². The summed E-state index contributed by atoms with van der Waals surface area (Å²) < 4.78 is 18.1. The maximum atomic E-state index is 12.9. The van der Waals surface area contributed by atoms with Crippen LogP contribution >= 0.6 is 0 Å². The molecule has 1 aromatic carbocycles. The van der Waals surface area contributed by atoms with E-state index < -0.39 is 6.04 Å². The van der Waals surface area contributed by atoms with E-state index in [9.17, 15) is 14.0 Å². The van der Waals surface area contributed by atoms with Gasteiger partial charge in [-0.2, -0.15) is 0 Å². The molecule has 0 bridgehead atoms. The first-order valence-electron chi connectivity index (χ1n) is 8.18. The second-order valence-corrected chi connectivity index (χ2v) is 5.97. The van der Waals surface area contributed by atoms with Gasteiger partial charge in [0.2, 0.25) is 5.91 Å². The maximum Gasteiger partial charge on any atom is 0.289 e. The second-order valence-electron chi connectivity index (χ2n) is 5.97. The van der Waals surface area contributed by atoms with Gasteiger partial charge in [-0.15, -0.1) is 0 Å². The van der Waals surface area contributed by atoms with Gasteiger partial charge in [-0.1, -0.05) is 0 Å². The first-order chi connectivity index (χ1) is 12.0. The Kier molecular flexibility index (Phi) is 5.02. The van der Waals surface area contributed by atoms with Gasteiger partial charge in [0.05, 0.1) is 6.26 Å². The Bertz CT molecular complexity index is 723. The molecular formula is C18H20FN3O3.